The van der Waals surface area contributed by atoms with Crippen LogP contribution in [0.1, 0.15) is 59.7 Å². The first-order chi connectivity index (χ1) is 12.7. The van der Waals surface area contributed by atoms with E-state index in [2.05, 4.69) is 0 Å². The van der Waals surface area contributed by atoms with Gasteiger partial charge in [0.05, 0.1) is 6.54 Å². The number of urea groups is 1. The summed E-state index contributed by atoms with van der Waals surface area (Å²) in [4.78, 5) is 52.3. The van der Waals surface area contributed by atoms with Crippen LogP contribution in [0, 0.1) is 26.7 Å². The molecule has 0 bridgehead atoms. The van der Waals surface area contributed by atoms with Gasteiger partial charge in [-0.25, -0.2) is 9.69 Å². The van der Waals surface area contributed by atoms with E-state index in [1.54, 1.807) is 6.07 Å². The third-order valence-electron chi connectivity index (χ3n) is 5.92. The summed E-state index contributed by atoms with van der Waals surface area (Å²) in [6, 6.07) is 2.78. The van der Waals surface area contributed by atoms with Gasteiger partial charge >= 0.3 is 17.8 Å². The third kappa shape index (κ3) is 3.40. The Kier molecular flexibility index (Phi) is 5.18. The minimum atomic E-state index is -0.896. The molecule has 3 rings (SSSR count). The number of carbonyl (C=O) groups excluding carboxylic acids is 4. The Labute approximate surface area is 159 Å². The minimum Gasteiger partial charge on any atom is -0.292 e. The lowest BCUT2D eigenvalue weighted by Crippen LogP contribution is -2.46. The van der Waals surface area contributed by atoms with E-state index in [4.69, 9.17) is 0 Å². The monoisotopic (exact) mass is 370 g/mol. The second-order valence-corrected chi connectivity index (χ2v) is 7.85. The molecule has 2 fully saturated rings. The highest BCUT2D eigenvalue weighted by Crippen LogP contribution is 2.31. The summed E-state index contributed by atoms with van der Waals surface area (Å²) in [7, 11) is 0. The summed E-state index contributed by atoms with van der Waals surface area (Å²) in [6.45, 7) is 7.30. The van der Waals surface area contributed by atoms with E-state index in [0.29, 0.717) is 12.0 Å². The second kappa shape index (κ2) is 7.25. The van der Waals surface area contributed by atoms with Crippen LogP contribution in [0.15, 0.2) is 12.1 Å². The van der Waals surface area contributed by atoms with Crippen LogP contribution in [0.3, 0.4) is 0 Å². The third-order valence-corrected chi connectivity index (χ3v) is 5.92. The number of Topliss-reactive ketones (excluding diaryl/α,β-unsaturated/α-hetero) is 1. The molecule has 144 valence electrons. The Morgan fingerprint density at radius 1 is 0.963 bits per heavy atom. The molecule has 0 aromatic heterocycles. The first-order valence-corrected chi connectivity index (χ1v) is 9.52. The molecule has 1 aromatic carbocycles. The Morgan fingerprint density at radius 2 is 1.59 bits per heavy atom. The SMILES string of the molecule is Cc1cc(C)c(C(=O)CN2C(=O)C(=O)N([C@@H]3CCCC[C@H]3C)C2=O)cc1C. The molecule has 1 saturated carbocycles. The number of hydrogen-bond donors (Lipinski definition) is 0. The van der Waals surface area contributed by atoms with Gasteiger partial charge in [-0.2, -0.15) is 0 Å². The standard InChI is InChI=1S/C21H26N2O4/c1-12-7-5-6-8-17(12)23-20(26)19(25)22(21(23)27)11-18(24)16-10-14(3)13(2)9-15(16)4/h9-10,12,17H,5-8,11H2,1-4H3/t12-,17-/m1/s1. The highest BCUT2D eigenvalue weighted by molar-refractivity contribution is 6.45. The summed E-state index contributed by atoms with van der Waals surface area (Å²) in [6.07, 6.45) is 3.64. The molecular formula is C21H26N2O4. The second-order valence-electron chi connectivity index (χ2n) is 7.85. The van der Waals surface area contributed by atoms with Crippen molar-refractivity contribution in [2.24, 2.45) is 5.92 Å². The van der Waals surface area contributed by atoms with Gasteiger partial charge in [-0.05, 0) is 62.3 Å². The Morgan fingerprint density at radius 3 is 2.26 bits per heavy atom. The number of nitrogens with zero attached hydrogens (tertiary/aromatic N) is 2. The lowest BCUT2D eigenvalue weighted by Gasteiger charge is -2.34. The summed E-state index contributed by atoms with van der Waals surface area (Å²) >= 11 is 0. The first-order valence-electron chi connectivity index (χ1n) is 9.52. The summed E-state index contributed by atoms with van der Waals surface area (Å²) in [5.74, 6) is -1.86. The average molecular weight is 370 g/mol. The lowest BCUT2D eigenvalue weighted by atomic mass is 9.85. The Balaban J connectivity index is 1.82. The molecular weight excluding hydrogens is 344 g/mol. The van der Waals surface area contributed by atoms with E-state index in [1.807, 2.05) is 33.8 Å². The molecule has 6 heteroatoms. The number of carbonyl (C=O) groups is 4. The molecule has 1 aliphatic heterocycles. The number of imide groups is 2. The highest BCUT2D eigenvalue weighted by Gasteiger charge is 2.49. The van der Waals surface area contributed by atoms with Crippen molar-refractivity contribution < 1.29 is 19.2 Å². The van der Waals surface area contributed by atoms with E-state index in [0.717, 1.165) is 45.8 Å². The van der Waals surface area contributed by atoms with Crippen molar-refractivity contribution >= 4 is 23.6 Å². The molecule has 1 heterocycles. The van der Waals surface area contributed by atoms with E-state index in [1.165, 1.54) is 0 Å². The van der Waals surface area contributed by atoms with Gasteiger partial charge in [-0.3, -0.25) is 19.3 Å². The predicted octanol–water partition coefficient (Wildman–Crippen LogP) is 3.16. The van der Waals surface area contributed by atoms with E-state index < -0.39 is 24.4 Å². The van der Waals surface area contributed by atoms with Crippen molar-refractivity contribution in [3.8, 4) is 0 Å². The molecule has 2 aliphatic rings. The molecule has 6 nitrogen and oxygen atoms in total. The molecule has 0 spiro atoms. The molecule has 1 aliphatic carbocycles. The number of aryl methyl sites for hydroxylation is 3. The zero-order chi connectivity index (χ0) is 19.9. The summed E-state index contributed by atoms with van der Waals surface area (Å²) in [5.41, 5.74) is 3.32. The van der Waals surface area contributed by atoms with Gasteiger partial charge < -0.3 is 0 Å². The van der Waals surface area contributed by atoms with E-state index >= 15 is 0 Å². The molecule has 27 heavy (non-hydrogen) atoms. The van der Waals surface area contributed by atoms with Crippen molar-refractivity contribution in [3.63, 3.8) is 0 Å². The average Bonchev–Trinajstić information content (AvgIpc) is 2.82. The van der Waals surface area contributed by atoms with Crippen molar-refractivity contribution in [1.29, 1.82) is 0 Å². The topological polar surface area (TPSA) is 74.8 Å². The largest absolute Gasteiger partial charge is 0.334 e. The van der Waals surface area contributed by atoms with Gasteiger partial charge in [0.1, 0.15) is 0 Å². The molecule has 1 aromatic rings. The summed E-state index contributed by atoms with van der Waals surface area (Å²) < 4.78 is 0. The van der Waals surface area contributed by atoms with Crippen LogP contribution in [0.25, 0.3) is 0 Å². The molecule has 0 radical (unpaired) electrons. The fourth-order valence-corrected chi connectivity index (χ4v) is 4.12. The van der Waals surface area contributed by atoms with Crippen molar-refractivity contribution in [3.05, 3.63) is 34.4 Å². The van der Waals surface area contributed by atoms with Gasteiger partial charge in [0.15, 0.2) is 5.78 Å². The minimum absolute atomic E-state index is 0.164. The number of ketones is 1. The smallest absolute Gasteiger partial charge is 0.292 e. The maximum atomic E-state index is 12.8. The van der Waals surface area contributed by atoms with Gasteiger partial charge in [-0.15, -0.1) is 0 Å². The van der Waals surface area contributed by atoms with Crippen LogP contribution < -0.4 is 0 Å². The van der Waals surface area contributed by atoms with Gasteiger partial charge in [-0.1, -0.05) is 25.8 Å². The van der Waals surface area contributed by atoms with Crippen LogP contribution in [0.4, 0.5) is 4.79 Å². The zero-order valence-electron chi connectivity index (χ0n) is 16.4. The molecule has 0 N–H and O–H groups in total. The normalized spacial score (nSPS) is 23.3. The maximum Gasteiger partial charge on any atom is 0.334 e. The predicted molar refractivity (Wildman–Crippen MR) is 100 cm³/mol. The van der Waals surface area contributed by atoms with Crippen LogP contribution in [-0.4, -0.2) is 46.0 Å². The molecule has 2 atom stereocenters. The zero-order valence-corrected chi connectivity index (χ0v) is 16.4. The number of hydrogen-bond acceptors (Lipinski definition) is 4. The number of rotatable bonds is 4. The van der Waals surface area contributed by atoms with Crippen LogP contribution in [0.5, 0.6) is 0 Å². The molecule has 1 saturated heterocycles. The first kappa shape index (κ1) is 19.3. The van der Waals surface area contributed by atoms with Gasteiger partial charge in [0.25, 0.3) is 0 Å². The summed E-state index contributed by atoms with van der Waals surface area (Å²) in [5, 5.41) is 0. The van der Waals surface area contributed by atoms with Gasteiger partial charge in [0.2, 0.25) is 0 Å². The molecule has 4 amide bonds. The van der Waals surface area contributed by atoms with Crippen molar-refractivity contribution in [2.75, 3.05) is 6.54 Å². The Bertz CT molecular complexity index is 830. The van der Waals surface area contributed by atoms with Crippen LogP contribution >= 0.6 is 0 Å². The fourth-order valence-electron chi connectivity index (χ4n) is 4.12. The van der Waals surface area contributed by atoms with Gasteiger partial charge in [0, 0.05) is 11.6 Å². The number of benzene rings is 1. The van der Waals surface area contributed by atoms with E-state index in [9.17, 15) is 19.2 Å². The number of amides is 4. The quantitative estimate of drug-likeness (QED) is 0.463. The van der Waals surface area contributed by atoms with Crippen molar-refractivity contribution in [1.82, 2.24) is 9.80 Å². The highest BCUT2D eigenvalue weighted by atomic mass is 16.2. The van der Waals surface area contributed by atoms with Crippen LogP contribution in [0.2, 0.25) is 0 Å². The fraction of sp³-hybridized carbons (Fsp3) is 0.524. The van der Waals surface area contributed by atoms with Crippen LogP contribution in [-0.2, 0) is 9.59 Å². The van der Waals surface area contributed by atoms with Crippen molar-refractivity contribution in [2.45, 2.75) is 59.4 Å². The van der Waals surface area contributed by atoms with E-state index in [-0.39, 0.29) is 17.7 Å². The lowest BCUT2D eigenvalue weighted by molar-refractivity contribution is -0.144. The Hall–Kier alpha value is -2.50. The maximum absolute atomic E-state index is 12.8. The molecule has 0 unspecified atom stereocenters.